The van der Waals surface area contributed by atoms with Gasteiger partial charge in [0.05, 0.1) is 12.7 Å². The van der Waals surface area contributed by atoms with Gasteiger partial charge < -0.3 is 15.0 Å². The lowest BCUT2D eigenvalue weighted by atomic mass is 9.95. The third-order valence-corrected chi connectivity index (χ3v) is 4.10. The van der Waals surface area contributed by atoms with Crippen molar-refractivity contribution in [2.24, 2.45) is 0 Å². The minimum Gasteiger partial charge on any atom is -0.496 e. The highest BCUT2D eigenvalue weighted by atomic mass is 16.5. The van der Waals surface area contributed by atoms with Crippen molar-refractivity contribution in [1.82, 2.24) is 5.16 Å². The lowest BCUT2D eigenvalue weighted by molar-refractivity contribution is 0.363. The van der Waals surface area contributed by atoms with Crippen LogP contribution in [0, 0.1) is 6.92 Å². The molecule has 2 N–H and O–H groups in total. The normalized spacial score (nSPS) is 15.7. The fourth-order valence-corrected chi connectivity index (χ4v) is 3.07. The van der Waals surface area contributed by atoms with E-state index in [0.29, 0.717) is 11.7 Å². The van der Waals surface area contributed by atoms with Gasteiger partial charge >= 0.3 is 0 Å². The van der Waals surface area contributed by atoms with Crippen molar-refractivity contribution in [2.45, 2.75) is 38.5 Å². The summed E-state index contributed by atoms with van der Waals surface area (Å²) in [5, 5.41) is 3.99. The molecule has 0 saturated heterocycles. The third-order valence-electron chi connectivity index (χ3n) is 4.10. The molecule has 20 heavy (non-hydrogen) atoms. The molecule has 1 aromatic carbocycles. The summed E-state index contributed by atoms with van der Waals surface area (Å²) in [5.41, 5.74) is 9.11. The SMILES string of the molecule is COc1ccc(C)cc1-c1c(N)noc1C1CCCC1. The topological polar surface area (TPSA) is 61.3 Å². The number of rotatable bonds is 3. The van der Waals surface area contributed by atoms with Gasteiger partial charge in [-0.05, 0) is 31.9 Å². The van der Waals surface area contributed by atoms with Crippen LogP contribution in [-0.2, 0) is 0 Å². The number of benzene rings is 1. The predicted molar refractivity (Wildman–Crippen MR) is 78.8 cm³/mol. The van der Waals surface area contributed by atoms with E-state index in [0.717, 1.165) is 35.5 Å². The van der Waals surface area contributed by atoms with Crippen LogP contribution in [0.3, 0.4) is 0 Å². The summed E-state index contributed by atoms with van der Waals surface area (Å²) in [7, 11) is 1.67. The van der Waals surface area contributed by atoms with Crippen molar-refractivity contribution in [3.63, 3.8) is 0 Å². The molecular formula is C16H20N2O2. The highest BCUT2D eigenvalue weighted by Gasteiger charge is 2.28. The molecule has 0 unspecified atom stereocenters. The van der Waals surface area contributed by atoms with E-state index in [-0.39, 0.29) is 0 Å². The molecule has 3 rings (SSSR count). The average molecular weight is 272 g/mol. The molecule has 1 fully saturated rings. The highest BCUT2D eigenvalue weighted by molar-refractivity contribution is 5.80. The number of ether oxygens (including phenoxy) is 1. The van der Waals surface area contributed by atoms with Gasteiger partial charge in [-0.3, -0.25) is 0 Å². The van der Waals surface area contributed by atoms with E-state index in [2.05, 4.69) is 18.1 Å². The van der Waals surface area contributed by atoms with Gasteiger partial charge in [0.1, 0.15) is 11.5 Å². The number of aryl methyl sites for hydroxylation is 1. The van der Waals surface area contributed by atoms with Crippen LogP contribution in [-0.4, -0.2) is 12.3 Å². The van der Waals surface area contributed by atoms with Crippen molar-refractivity contribution in [3.05, 3.63) is 29.5 Å². The number of hydrogen-bond donors (Lipinski definition) is 1. The molecule has 4 heteroatoms. The number of nitrogens with two attached hydrogens (primary N) is 1. The minimum absolute atomic E-state index is 0.431. The van der Waals surface area contributed by atoms with Gasteiger partial charge in [-0.2, -0.15) is 0 Å². The van der Waals surface area contributed by atoms with Gasteiger partial charge in [0, 0.05) is 11.5 Å². The summed E-state index contributed by atoms with van der Waals surface area (Å²) in [6.07, 6.45) is 4.79. The van der Waals surface area contributed by atoms with Gasteiger partial charge in [-0.25, -0.2) is 0 Å². The van der Waals surface area contributed by atoms with Gasteiger partial charge in [0.25, 0.3) is 0 Å². The zero-order valence-electron chi connectivity index (χ0n) is 12.0. The first kappa shape index (κ1) is 13.0. The second-order valence-electron chi connectivity index (χ2n) is 5.49. The second-order valence-corrected chi connectivity index (χ2v) is 5.49. The van der Waals surface area contributed by atoms with Crippen LogP contribution in [0.5, 0.6) is 5.75 Å². The average Bonchev–Trinajstić information content (AvgIpc) is 3.07. The van der Waals surface area contributed by atoms with Crippen molar-refractivity contribution in [1.29, 1.82) is 0 Å². The Balaban J connectivity index is 2.14. The number of methoxy groups -OCH3 is 1. The number of nitrogen functional groups attached to an aromatic ring is 1. The first-order valence-corrected chi connectivity index (χ1v) is 7.10. The summed E-state index contributed by atoms with van der Waals surface area (Å²) in [6, 6.07) is 6.08. The zero-order chi connectivity index (χ0) is 14.1. The maximum absolute atomic E-state index is 6.05. The molecule has 0 spiro atoms. The Morgan fingerprint density at radius 1 is 1.30 bits per heavy atom. The van der Waals surface area contributed by atoms with E-state index in [4.69, 9.17) is 15.0 Å². The van der Waals surface area contributed by atoms with Gasteiger partial charge in [0.15, 0.2) is 5.82 Å². The Morgan fingerprint density at radius 3 is 2.75 bits per heavy atom. The molecular weight excluding hydrogens is 252 g/mol. The Labute approximate surface area is 118 Å². The quantitative estimate of drug-likeness (QED) is 0.920. The summed E-state index contributed by atoms with van der Waals surface area (Å²) in [5.74, 6) is 2.62. The lowest BCUT2D eigenvalue weighted by Gasteiger charge is -2.12. The van der Waals surface area contributed by atoms with Crippen LogP contribution < -0.4 is 10.5 Å². The van der Waals surface area contributed by atoms with E-state index < -0.39 is 0 Å². The van der Waals surface area contributed by atoms with E-state index in [1.807, 2.05) is 12.1 Å². The van der Waals surface area contributed by atoms with Crippen molar-refractivity contribution in [2.75, 3.05) is 12.8 Å². The fourth-order valence-electron chi connectivity index (χ4n) is 3.07. The lowest BCUT2D eigenvalue weighted by Crippen LogP contribution is -1.97. The summed E-state index contributed by atoms with van der Waals surface area (Å²) < 4.78 is 11.0. The van der Waals surface area contributed by atoms with Crippen molar-refractivity contribution in [3.8, 4) is 16.9 Å². The summed E-state index contributed by atoms with van der Waals surface area (Å²) >= 11 is 0. The van der Waals surface area contributed by atoms with Crippen LogP contribution in [0.15, 0.2) is 22.7 Å². The predicted octanol–water partition coefficient (Wildman–Crippen LogP) is 3.90. The van der Waals surface area contributed by atoms with Gasteiger partial charge in [-0.15, -0.1) is 0 Å². The van der Waals surface area contributed by atoms with Crippen LogP contribution in [0.1, 0.15) is 42.9 Å². The first-order valence-electron chi connectivity index (χ1n) is 7.10. The van der Waals surface area contributed by atoms with E-state index >= 15 is 0 Å². The number of hydrogen-bond acceptors (Lipinski definition) is 4. The maximum atomic E-state index is 6.05. The molecule has 0 aliphatic heterocycles. The van der Waals surface area contributed by atoms with Crippen molar-refractivity contribution < 1.29 is 9.26 Å². The number of nitrogens with zero attached hydrogens (tertiary/aromatic N) is 1. The van der Waals surface area contributed by atoms with Crippen LogP contribution in [0.4, 0.5) is 5.82 Å². The molecule has 1 aliphatic carbocycles. The highest BCUT2D eigenvalue weighted by Crippen LogP contribution is 2.44. The van der Waals surface area contributed by atoms with Crippen LogP contribution >= 0.6 is 0 Å². The number of aromatic nitrogens is 1. The fraction of sp³-hybridized carbons (Fsp3) is 0.438. The monoisotopic (exact) mass is 272 g/mol. The van der Waals surface area contributed by atoms with Gasteiger partial charge in [0.2, 0.25) is 0 Å². The maximum Gasteiger partial charge on any atom is 0.175 e. The Hall–Kier alpha value is -1.97. The standard InChI is InChI=1S/C16H20N2O2/c1-10-7-8-13(19-2)12(9-10)14-15(20-18-16(14)17)11-5-3-4-6-11/h7-9,11H,3-6H2,1-2H3,(H2,17,18). The molecule has 1 heterocycles. The first-order chi connectivity index (χ1) is 9.70. The van der Waals surface area contributed by atoms with Gasteiger partial charge in [-0.1, -0.05) is 29.6 Å². The molecule has 1 aromatic heterocycles. The molecule has 1 aliphatic rings. The summed E-state index contributed by atoms with van der Waals surface area (Å²) in [6.45, 7) is 2.06. The Bertz CT molecular complexity index is 613. The molecule has 2 aromatic rings. The Morgan fingerprint density at radius 2 is 2.05 bits per heavy atom. The zero-order valence-corrected chi connectivity index (χ0v) is 12.0. The van der Waals surface area contributed by atoms with Crippen LogP contribution in [0.2, 0.25) is 0 Å². The molecule has 0 amide bonds. The molecule has 4 nitrogen and oxygen atoms in total. The Kier molecular flexibility index (Phi) is 3.38. The van der Waals surface area contributed by atoms with E-state index in [9.17, 15) is 0 Å². The number of anilines is 1. The van der Waals surface area contributed by atoms with E-state index in [1.165, 1.54) is 18.4 Å². The molecule has 0 radical (unpaired) electrons. The molecule has 1 saturated carbocycles. The molecule has 0 bridgehead atoms. The largest absolute Gasteiger partial charge is 0.496 e. The molecule has 106 valence electrons. The van der Waals surface area contributed by atoms with E-state index in [1.54, 1.807) is 7.11 Å². The van der Waals surface area contributed by atoms with Crippen molar-refractivity contribution >= 4 is 5.82 Å². The summed E-state index contributed by atoms with van der Waals surface area (Å²) in [4.78, 5) is 0. The second kappa shape index (κ2) is 5.19. The third kappa shape index (κ3) is 2.15. The smallest absolute Gasteiger partial charge is 0.175 e. The molecule has 0 atom stereocenters. The van der Waals surface area contributed by atoms with Crippen LogP contribution in [0.25, 0.3) is 11.1 Å². The minimum atomic E-state index is 0.431.